The van der Waals surface area contributed by atoms with Gasteiger partial charge >= 0.3 is 5.97 Å². The second-order valence-corrected chi connectivity index (χ2v) is 8.66. The van der Waals surface area contributed by atoms with E-state index in [2.05, 4.69) is 52.9 Å². The van der Waals surface area contributed by atoms with E-state index in [0.717, 1.165) is 11.1 Å². The van der Waals surface area contributed by atoms with Crippen molar-refractivity contribution in [3.63, 3.8) is 0 Å². The molecule has 5 heteroatoms. The summed E-state index contributed by atoms with van der Waals surface area (Å²) < 4.78 is 0. The fourth-order valence-electron chi connectivity index (χ4n) is 2.31. The van der Waals surface area contributed by atoms with Crippen LogP contribution in [0.5, 0.6) is 5.75 Å². The summed E-state index contributed by atoms with van der Waals surface area (Å²) in [5, 5.41) is 24.4. The monoisotopic (exact) mass is 351 g/mol. The smallest absolute Gasteiger partial charge is 0.352 e. The highest BCUT2D eigenvalue weighted by Crippen LogP contribution is 2.37. The van der Waals surface area contributed by atoms with Crippen LogP contribution in [0.25, 0.3) is 0 Å². The largest absolute Gasteiger partial charge is 0.507 e. The normalized spacial score (nSPS) is 13.0. The molecule has 0 amide bonds. The SMILES string of the molecule is CSC=C(NCc1cc(C(C)(C)C)cc(C(C)(C)C)c1O)C(=O)O. The molecule has 0 heterocycles. The van der Waals surface area contributed by atoms with Crippen molar-refractivity contribution >= 4 is 17.7 Å². The van der Waals surface area contributed by atoms with Gasteiger partial charge in [-0.05, 0) is 34.3 Å². The molecule has 0 aliphatic heterocycles. The maximum Gasteiger partial charge on any atom is 0.352 e. The lowest BCUT2D eigenvalue weighted by atomic mass is 9.79. The van der Waals surface area contributed by atoms with Gasteiger partial charge in [-0.1, -0.05) is 47.6 Å². The summed E-state index contributed by atoms with van der Waals surface area (Å²) in [5.74, 6) is -0.774. The highest BCUT2D eigenvalue weighted by molar-refractivity contribution is 8.01. The third-order valence-electron chi connectivity index (χ3n) is 3.80. The second kappa shape index (κ2) is 7.51. The van der Waals surface area contributed by atoms with E-state index >= 15 is 0 Å². The topological polar surface area (TPSA) is 69.6 Å². The minimum absolute atomic E-state index is 0.0623. The molecule has 4 nitrogen and oxygen atoms in total. The number of aliphatic carboxylic acids is 1. The van der Waals surface area contributed by atoms with Crippen molar-refractivity contribution in [2.75, 3.05) is 6.26 Å². The van der Waals surface area contributed by atoms with Crippen LogP contribution in [0, 0.1) is 0 Å². The number of aromatic hydroxyl groups is 1. The molecule has 0 unspecified atom stereocenters. The summed E-state index contributed by atoms with van der Waals surface area (Å²) in [6.45, 7) is 12.8. The number of nitrogens with one attached hydrogen (secondary N) is 1. The molecule has 0 aliphatic carbocycles. The summed E-state index contributed by atoms with van der Waals surface area (Å²) in [5.41, 5.74) is 2.56. The zero-order chi connectivity index (χ0) is 18.7. The van der Waals surface area contributed by atoms with Gasteiger partial charge in [0.05, 0.1) is 0 Å². The van der Waals surface area contributed by atoms with Gasteiger partial charge in [0, 0.05) is 17.5 Å². The van der Waals surface area contributed by atoms with Crippen LogP contribution in [0.3, 0.4) is 0 Å². The van der Waals surface area contributed by atoms with Crippen LogP contribution in [0.4, 0.5) is 0 Å². The number of carboxylic acids is 1. The Hall–Kier alpha value is -1.62. The van der Waals surface area contributed by atoms with Crippen LogP contribution in [0.2, 0.25) is 0 Å². The fourth-order valence-corrected chi connectivity index (χ4v) is 2.73. The van der Waals surface area contributed by atoms with Crippen molar-refractivity contribution in [1.82, 2.24) is 5.32 Å². The van der Waals surface area contributed by atoms with E-state index in [4.69, 9.17) is 0 Å². The first-order valence-corrected chi connectivity index (χ1v) is 9.23. The highest BCUT2D eigenvalue weighted by Gasteiger charge is 2.25. The van der Waals surface area contributed by atoms with Crippen LogP contribution in [-0.2, 0) is 22.2 Å². The molecule has 0 bridgehead atoms. The molecule has 0 saturated carbocycles. The Balaban J connectivity index is 3.32. The van der Waals surface area contributed by atoms with Crippen LogP contribution in [0.1, 0.15) is 58.2 Å². The number of hydrogen-bond acceptors (Lipinski definition) is 4. The molecule has 134 valence electrons. The zero-order valence-electron chi connectivity index (χ0n) is 15.7. The van der Waals surface area contributed by atoms with Crippen molar-refractivity contribution in [3.05, 3.63) is 39.9 Å². The van der Waals surface area contributed by atoms with E-state index in [1.165, 1.54) is 11.8 Å². The molecule has 0 saturated heterocycles. The molecule has 0 aromatic heterocycles. The van der Waals surface area contributed by atoms with Gasteiger partial charge in [-0.25, -0.2) is 4.79 Å². The van der Waals surface area contributed by atoms with Crippen LogP contribution >= 0.6 is 11.8 Å². The molecule has 3 N–H and O–H groups in total. The number of hydrogen-bond donors (Lipinski definition) is 3. The van der Waals surface area contributed by atoms with Crippen molar-refractivity contribution in [3.8, 4) is 5.75 Å². The molecule has 1 aromatic carbocycles. The maximum atomic E-state index is 11.2. The van der Waals surface area contributed by atoms with E-state index in [1.54, 1.807) is 11.7 Å². The molecule has 0 radical (unpaired) electrons. The molecule has 0 aliphatic rings. The molecule has 0 atom stereocenters. The van der Waals surface area contributed by atoms with E-state index in [1.807, 2.05) is 6.07 Å². The van der Waals surface area contributed by atoms with Gasteiger partial charge in [0.15, 0.2) is 0 Å². The predicted octanol–water partition coefficient (Wildman–Crippen LogP) is 4.37. The van der Waals surface area contributed by atoms with Gasteiger partial charge in [-0.3, -0.25) is 0 Å². The number of phenols is 1. The first-order valence-electron chi connectivity index (χ1n) is 7.95. The molecule has 0 fully saturated rings. The van der Waals surface area contributed by atoms with Crippen LogP contribution < -0.4 is 5.32 Å². The van der Waals surface area contributed by atoms with E-state index in [0.29, 0.717) is 5.56 Å². The summed E-state index contributed by atoms with van der Waals surface area (Å²) in [4.78, 5) is 11.2. The van der Waals surface area contributed by atoms with Gasteiger partial charge in [-0.2, -0.15) is 0 Å². The standard InChI is InChI=1S/C19H29NO3S/c1-18(2,3)13-8-12(10-20-15(11-24-7)17(22)23)16(21)14(9-13)19(4,5)6/h8-9,11,20-21H,10H2,1-7H3,(H,22,23). The second-order valence-electron chi connectivity index (χ2n) is 7.96. The number of phenolic OH excluding ortho intramolecular Hbond substituents is 1. The molecular weight excluding hydrogens is 322 g/mol. The number of rotatable bonds is 5. The first-order chi connectivity index (χ1) is 10.9. The number of carbonyl (C=O) groups is 1. The number of carboxylic acid groups (broad SMARTS) is 1. The Morgan fingerprint density at radius 3 is 2.17 bits per heavy atom. The Labute approximate surface area is 149 Å². The zero-order valence-corrected chi connectivity index (χ0v) is 16.5. The van der Waals surface area contributed by atoms with Crippen molar-refractivity contribution in [2.24, 2.45) is 0 Å². The van der Waals surface area contributed by atoms with Gasteiger partial charge in [0.2, 0.25) is 0 Å². The lowest BCUT2D eigenvalue weighted by molar-refractivity contribution is -0.133. The molecular formula is C19H29NO3S. The third kappa shape index (κ3) is 5.20. The molecule has 1 rings (SSSR count). The van der Waals surface area contributed by atoms with Crippen LogP contribution in [-0.4, -0.2) is 22.4 Å². The number of thioether (sulfide) groups is 1. The lowest BCUT2D eigenvalue weighted by Gasteiger charge is -2.27. The van der Waals surface area contributed by atoms with Gasteiger partial charge < -0.3 is 15.5 Å². The van der Waals surface area contributed by atoms with E-state index < -0.39 is 5.97 Å². The van der Waals surface area contributed by atoms with E-state index in [9.17, 15) is 15.0 Å². The maximum absolute atomic E-state index is 11.2. The minimum Gasteiger partial charge on any atom is -0.507 e. The molecule has 1 aromatic rings. The average molecular weight is 352 g/mol. The average Bonchev–Trinajstić information content (AvgIpc) is 2.41. The fraction of sp³-hybridized carbons (Fsp3) is 0.526. The molecule has 24 heavy (non-hydrogen) atoms. The third-order valence-corrected chi connectivity index (χ3v) is 4.27. The highest BCUT2D eigenvalue weighted by atomic mass is 32.2. The Morgan fingerprint density at radius 2 is 1.75 bits per heavy atom. The van der Waals surface area contributed by atoms with Crippen molar-refractivity contribution in [1.29, 1.82) is 0 Å². The summed E-state index contributed by atoms with van der Waals surface area (Å²) in [6, 6.07) is 4.00. The minimum atomic E-state index is -1.01. The summed E-state index contributed by atoms with van der Waals surface area (Å²) >= 11 is 1.32. The Kier molecular flexibility index (Phi) is 6.39. The first kappa shape index (κ1) is 20.4. The van der Waals surface area contributed by atoms with E-state index in [-0.39, 0.29) is 28.8 Å². The quantitative estimate of drug-likeness (QED) is 0.687. The lowest BCUT2D eigenvalue weighted by Crippen LogP contribution is -2.22. The van der Waals surface area contributed by atoms with Gasteiger partial charge in [0.1, 0.15) is 11.4 Å². The Morgan fingerprint density at radius 1 is 1.17 bits per heavy atom. The predicted molar refractivity (Wildman–Crippen MR) is 102 cm³/mol. The summed E-state index contributed by atoms with van der Waals surface area (Å²) in [7, 11) is 0. The molecule has 0 spiro atoms. The Bertz CT molecular complexity index is 637. The van der Waals surface area contributed by atoms with Crippen molar-refractivity contribution in [2.45, 2.75) is 58.9 Å². The van der Waals surface area contributed by atoms with Crippen LogP contribution in [0.15, 0.2) is 23.2 Å². The van der Waals surface area contributed by atoms with Gasteiger partial charge in [-0.15, -0.1) is 11.8 Å². The van der Waals surface area contributed by atoms with Gasteiger partial charge in [0.25, 0.3) is 0 Å². The number of benzene rings is 1. The summed E-state index contributed by atoms with van der Waals surface area (Å²) in [6.07, 6.45) is 1.81. The van der Waals surface area contributed by atoms with Crippen molar-refractivity contribution < 1.29 is 15.0 Å².